The molecule has 1 aromatic carbocycles. The van der Waals surface area contributed by atoms with E-state index in [1.165, 1.54) is 7.11 Å². The number of nitrogens with one attached hydrogen (secondary N) is 2. The van der Waals surface area contributed by atoms with Crippen LogP contribution in [-0.2, 0) is 27.4 Å². The van der Waals surface area contributed by atoms with Crippen LogP contribution in [-0.4, -0.2) is 49.5 Å². The predicted molar refractivity (Wildman–Crippen MR) is 156 cm³/mol. The summed E-state index contributed by atoms with van der Waals surface area (Å²) >= 11 is 3.15. The Hall–Kier alpha value is -3.77. The Labute approximate surface area is 247 Å². The largest absolute Gasteiger partial charge is 0.469 e. The molecule has 2 unspecified atom stereocenters. The van der Waals surface area contributed by atoms with E-state index in [4.69, 9.17) is 18.9 Å². The number of hydrogen-bond donors (Lipinski definition) is 2. The van der Waals surface area contributed by atoms with Crippen molar-refractivity contribution < 1.29 is 33.3 Å². The second-order valence-electron chi connectivity index (χ2n) is 9.60. The minimum Gasteiger partial charge on any atom is -0.469 e. The van der Waals surface area contributed by atoms with Gasteiger partial charge in [0.05, 0.1) is 38.7 Å². The third-order valence-corrected chi connectivity index (χ3v) is 7.98. The van der Waals surface area contributed by atoms with Crippen molar-refractivity contribution in [2.24, 2.45) is 0 Å². The molecule has 4 rings (SSSR count). The highest BCUT2D eigenvalue weighted by atomic mass is 32.1. The summed E-state index contributed by atoms with van der Waals surface area (Å²) in [6.45, 7) is 3.04. The zero-order chi connectivity index (χ0) is 29.0. The van der Waals surface area contributed by atoms with Gasteiger partial charge in [0.25, 0.3) is 0 Å². The van der Waals surface area contributed by atoms with Crippen molar-refractivity contribution in [1.82, 2.24) is 15.5 Å². The molecule has 10 nitrogen and oxygen atoms in total. The van der Waals surface area contributed by atoms with Gasteiger partial charge in [-0.25, -0.2) is 9.59 Å². The van der Waals surface area contributed by atoms with Gasteiger partial charge in [-0.15, -0.1) is 0 Å². The van der Waals surface area contributed by atoms with Gasteiger partial charge in [0.2, 0.25) is 6.79 Å². The summed E-state index contributed by atoms with van der Waals surface area (Å²) in [7, 11) is 1.30. The Bertz CT molecular complexity index is 1230. The van der Waals surface area contributed by atoms with Crippen molar-refractivity contribution in [3.63, 3.8) is 0 Å². The molecule has 2 aromatic heterocycles. The number of rotatable bonds is 14. The lowest BCUT2D eigenvalue weighted by molar-refractivity contribution is -0.141. The summed E-state index contributed by atoms with van der Waals surface area (Å²) in [5, 5.41) is 13.8. The molecule has 3 amide bonds. The maximum absolute atomic E-state index is 13.2. The standard InChI is InChI=1S/C29H35N3O7S2/c1-3-4-5-23(16-37-29(35)32(14-20-8-10-40-17-20)15-21-9-11-41-18-21)30-28(34)31-24(13-27(33)36-2)22-6-7-25-26(12-22)39-19-38-25/h6-12,17-18,23-24H,3-5,13-16,19H2,1-2H3,(H2,30,31,34). The molecular weight excluding hydrogens is 566 g/mol. The predicted octanol–water partition coefficient (Wildman–Crippen LogP) is 5.84. The Morgan fingerprint density at radius 3 is 2.34 bits per heavy atom. The Morgan fingerprint density at radius 2 is 1.71 bits per heavy atom. The maximum Gasteiger partial charge on any atom is 0.410 e. The molecule has 0 saturated carbocycles. The quantitative estimate of drug-likeness (QED) is 0.223. The average Bonchev–Trinajstić information content (AvgIpc) is 3.76. The number of fused-ring (bicyclic) bond motifs is 1. The molecule has 2 atom stereocenters. The number of nitrogens with zero attached hydrogens (tertiary/aromatic N) is 1. The number of methoxy groups -OCH3 is 1. The molecule has 0 fully saturated rings. The maximum atomic E-state index is 13.2. The highest BCUT2D eigenvalue weighted by molar-refractivity contribution is 7.08. The fraction of sp³-hybridized carbons (Fsp3) is 0.414. The van der Waals surface area contributed by atoms with Gasteiger partial charge in [0.1, 0.15) is 6.61 Å². The number of carbonyl (C=O) groups is 3. The van der Waals surface area contributed by atoms with Crippen molar-refractivity contribution >= 4 is 40.8 Å². The molecule has 1 aliphatic rings. The number of unbranched alkanes of at least 4 members (excludes halogenated alkanes) is 1. The van der Waals surface area contributed by atoms with Crippen LogP contribution in [0.1, 0.15) is 55.3 Å². The van der Waals surface area contributed by atoms with Gasteiger partial charge in [-0.1, -0.05) is 25.8 Å². The number of benzene rings is 1. The number of urea groups is 1. The van der Waals surface area contributed by atoms with Crippen LogP contribution >= 0.6 is 22.7 Å². The SMILES string of the molecule is CCCCC(COC(=O)N(Cc1ccsc1)Cc1ccsc1)NC(=O)NC(CC(=O)OC)c1ccc2c(c1)OCO2. The van der Waals surface area contributed by atoms with Crippen molar-refractivity contribution in [1.29, 1.82) is 0 Å². The lowest BCUT2D eigenvalue weighted by Gasteiger charge is -2.25. The van der Waals surface area contributed by atoms with Crippen molar-refractivity contribution in [3.8, 4) is 11.5 Å². The first-order valence-corrected chi connectivity index (χ1v) is 15.3. The van der Waals surface area contributed by atoms with E-state index in [0.29, 0.717) is 36.6 Å². The molecule has 3 aromatic rings. The molecule has 1 aliphatic heterocycles. The van der Waals surface area contributed by atoms with Crippen LogP contribution in [0.25, 0.3) is 0 Å². The lowest BCUT2D eigenvalue weighted by atomic mass is 10.0. The number of thiophene rings is 2. The minimum atomic E-state index is -0.668. The molecular formula is C29H35N3O7S2. The molecule has 0 radical (unpaired) electrons. The van der Waals surface area contributed by atoms with Crippen molar-refractivity contribution in [3.05, 3.63) is 68.5 Å². The number of carbonyl (C=O) groups excluding carboxylic acids is 3. The molecule has 220 valence electrons. The summed E-state index contributed by atoms with van der Waals surface area (Å²) in [5.74, 6) is 0.672. The van der Waals surface area contributed by atoms with E-state index in [0.717, 1.165) is 24.0 Å². The topological polar surface area (TPSA) is 115 Å². The molecule has 2 N–H and O–H groups in total. The number of esters is 1. The summed E-state index contributed by atoms with van der Waals surface area (Å²) in [6, 6.07) is 7.65. The van der Waals surface area contributed by atoms with Crippen LogP contribution in [0, 0.1) is 0 Å². The second-order valence-corrected chi connectivity index (χ2v) is 11.2. The fourth-order valence-electron chi connectivity index (χ4n) is 4.32. The first-order valence-electron chi connectivity index (χ1n) is 13.4. The summed E-state index contributed by atoms with van der Waals surface area (Å²) < 4.78 is 21.4. The summed E-state index contributed by atoms with van der Waals surface area (Å²) in [5.41, 5.74) is 2.73. The molecule has 0 spiro atoms. The summed E-state index contributed by atoms with van der Waals surface area (Å²) in [6.07, 6.45) is 1.85. The van der Waals surface area contributed by atoms with Gasteiger partial charge < -0.3 is 29.6 Å². The highest BCUT2D eigenvalue weighted by Crippen LogP contribution is 2.35. The van der Waals surface area contributed by atoms with E-state index in [1.807, 2.05) is 33.7 Å². The monoisotopic (exact) mass is 601 g/mol. The first kappa shape index (κ1) is 30.2. The van der Waals surface area contributed by atoms with E-state index in [1.54, 1.807) is 45.8 Å². The molecule has 12 heteroatoms. The normalized spacial score (nSPS) is 13.2. The molecule has 0 bridgehead atoms. The van der Waals surface area contributed by atoms with E-state index in [9.17, 15) is 14.4 Å². The van der Waals surface area contributed by atoms with Gasteiger partial charge in [0, 0.05) is 0 Å². The van der Waals surface area contributed by atoms with Crippen molar-refractivity contribution in [2.75, 3.05) is 20.5 Å². The Balaban J connectivity index is 1.39. The zero-order valence-electron chi connectivity index (χ0n) is 23.1. The highest BCUT2D eigenvalue weighted by Gasteiger charge is 2.25. The van der Waals surface area contributed by atoms with Crippen LogP contribution in [0.5, 0.6) is 11.5 Å². The van der Waals surface area contributed by atoms with Gasteiger partial charge in [-0.05, 0) is 68.9 Å². The first-order chi connectivity index (χ1) is 19.9. The number of amides is 3. The molecule has 0 saturated heterocycles. The van der Waals surface area contributed by atoms with Gasteiger partial charge >= 0.3 is 18.1 Å². The molecule has 41 heavy (non-hydrogen) atoms. The average molecular weight is 602 g/mol. The van der Waals surface area contributed by atoms with Gasteiger partial charge in [-0.3, -0.25) is 9.69 Å². The van der Waals surface area contributed by atoms with Gasteiger partial charge in [0.15, 0.2) is 11.5 Å². The Kier molecular flexibility index (Phi) is 11.3. The van der Waals surface area contributed by atoms with Crippen LogP contribution in [0.15, 0.2) is 51.9 Å². The van der Waals surface area contributed by atoms with E-state index < -0.39 is 30.2 Å². The van der Waals surface area contributed by atoms with Crippen LogP contribution < -0.4 is 20.1 Å². The lowest BCUT2D eigenvalue weighted by Crippen LogP contribution is -2.46. The van der Waals surface area contributed by atoms with Crippen molar-refractivity contribution in [2.45, 2.75) is 57.8 Å². The fourth-order valence-corrected chi connectivity index (χ4v) is 5.64. The Morgan fingerprint density at radius 1 is 1.00 bits per heavy atom. The van der Waals surface area contributed by atoms with E-state index in [2.05, 4.69) is 17.6 Å². The molecule has 3 heterocycles. The van der Waals surface area contributed by atoms with Gasteiger partial charge in [-0.2, -0.15) is 22.7 Å². The molecule has 0 aliphatic carbocycles. The van der Waals surface area contributed by atoms with E-state index >= 15 is 0 Å². The second kappa shape index (κ2) is 15.3. The summed E-state index contributed by atoms with van der Waals surface area (Å²) in [4.78, 5) is 40.1. The van der Waals surface area contributed by atoms with E-state index in [-0.39, 0.29) is 19.8 Å². The smallest absolute Gasteiger partial charge is 0.410 e. The number of ether oxygens (including phenoxy) is 4. The van der Waals surface area contributed by atoms with Crippen LogP contribution in [0.4, 0.5) is 9.59 Å². The third-order valence-electron chi connectivity index (χ3n) is 6.52. The number of hydrogen-bond acceptors (Lipinski definition) is 9. The minimum absolute atomic E-state index is 0.0156. The van der Waals surface area contributed by atoms with Crippen LogP contribution in [0.2, 0.25) is 0 Å². The third kappa shape index (κ3) is 9.12. The van der Waals surface area contributed by atoms with Crippen LogP contribution in [0.3, 0.4) is 0 Å². The zero-order valence-corrected chi connectivity index (χ0v) is 24.8.